The standard InChI is InChI=1S/C27H28N2O4S/c1-4-5-14-28-26(30)20-12-13-25-23(16-20)29(17-21-15-18(2)10-11-19(21)3)27(31)22-8-6-7-9-24(22)34(25,32)33/h6-13,15-16H,4-5,14,17H2,1-3H3,(H,28,30). The van der Waals surface area contributed by atoms with Crippen LogP contribution in [0, 0.1) is 13.8 Å². The Kier molecular flexibility index (Phi) is 6.57. The van der Waals surface area contributed by atoms with Crippen LogP contribution in [0.4, 0.5) is 5.69 Å². The molecule has 0 spiro atoms. The lowest BCUT2D eigenvalue weighted by Crippen LogP contribution is -2.31. The van der Waals surface area contributed by atoms with Crippen molar-refractivity contribution in [1.29, 1.82) is 0 Å². The van der Waals surface area contributed by atoms with Crippen molar-refractivity contribution in [2.75, 3.05) is 11.4 Å². The average molecular weight is 477 g/mol. The summed E-state index contributed by atoms with van der Waals surface area (Å²) in [5, 5.41) is 2.86. The van der Waals surface area contributed by atoms with Crippen molar-refractivity contribution in [2.24, 2.45) is 0 Å². The smallest absolute Gasteiger partial charge is 0.259 e. The Hall–Kier alpha value is -3.45. The van der Waals surface area contributed by atoms with Crippen molar-refractivity contribution in [3.8, 4) is 0 Å². The molecule has 2 amide bonds. The van der Waals surface area contributed by atoms with Crippen LogP contribution in [0.1, 0.15) is 57.2 Å². The third-order valence-corrected chi connectivity index (χ3v) is 7.96. The Morgan fingerprint density at radius 2 is 1.74 bits per heavy atom. The molecule has 0 fully saturated rings. The SMILES string of the molecule is CCCCNC(=O)c1ccc2c(c1)N(Cc1cc(C)ccc1C)C(=O)c1ccccc1S2(=O)=O. The van der Waals surface area contributed by atoms with Gasteiger partial charge in [0.1, 0.15) is 0 Å². The molecule has 3 aromatic rings. The van der Waals surface area contributed by atoms with E-state index in [2.05, 4.69) is 5.32 Å². The Balaban J connectivity index is 1.89. The van der Waals surface area contributed by atoms with Crippen LogP contribution in [0.25, 0.3) is 0 Å². The molecule has 176 valence electrons. The lowest BCUT2D eigenvalue weighted by atomic mass is 10.0. The maximum atomic E-state index is 13.7. The highest BCUT2D eigenvalue weighted by Crippen LogP contribution is 2.38. The molecule has 1 heterocycles. The summed E-state index contributed by atoms with van der Waals surface area (Å²) in [4.78, 5) is 28.0. The first kappa shape index (κ1) is 23.7. The zero-order chi connectivity index (χ0) is 24.5. The molecule has 1 aliphatic heterocycles. The van der Waals surface area contributed by atoms with Crippen LogP contribution in [-0.4, -0.2) is 26.8 Å². The van der Waals surface area contributed by atoms with Gasteiger partial charge in [0.25, 0.3) is 11.8 Å². The van der Waals surface area contributed by atoms with Gasteiger partial charge in [-0.1, -0.05) is 49.2 Å². The number of amides is 2. The Bertz CT molecular complexity index is 1380. The first-order valence-electron chi connectivity index (χ1n) is 11.4. The zero-order valence-corrected chi connectivity index (χ0v) is 20.4. The summed E-state index contributed by atoms with van der Waals surface area (Å²) in [7, 11) is -3.97. The number of unbranched alkanes of at least 4 members (excludes halogenated alkanes) is 1. The second kappa shape index (κ2) is 9.43. The van der Waals surface area contributed by atoms with Crippen LogP contribution in [0.2, 0.25) is 0 Å². The minimum Gasteiger partial charge on any atom is -0.352 e. The average Bonchev–Trinajstić information content (AvgIpc) is 2.89. The van der Waals surface area contributed by atoms with Crippen LogP contribution in [0.15, 0.2) is 70.5 Å². The number of sulfone groups is 1. The van der Waals surface area contributed by atoms with E-state index in [1.54, 1.807) is 12.1 Å². The number of fused-ring (bicyclic) bond motifs is 2. The molecule has 6 nitrogen and oxygen atoms in total. The van der Waals surface area contributed by atoms with Crippen molar-refractivity contribution in [3.05, 3.63) is 88.5 Å². The predicted octanol–water partition coefficient (Wildman–Crippen LogP) is 4.83. The van der Waals surface area contributed by atoms with Gasteiger partial charge in [0.05, 0.1) is 27.6 Å². The van der Waals surface area contributed by atoms with E-state index >= 15 is 0 Å². The second-order valence-electron chi connectivity index (χ2n) is 8.61. The highest BCUT2D eigenvalue weighted by Gasteiger charge is 2.36. The van der Waals surface area contributed by atoms with Crippen LogP contribution in [-0.2, 0) is 16.4 Å². The molecule has 0 aromatic heterocycles. The van der Waals surface area contributed by atoms with Gasteiger partial charge in [-0.25, -0.2) is 8.42 Å². The van der Waals surface area contributed by atoms with Crippen molar-refractivity contribution >= 4 is 27.3 Å². The molecule has 0 bridgehead atoms. The third kappa shape index (κ3) is 4.35. The van der Waals surface area contributed by atoms with E-state index in [1.807, 2.05) is 39.0 Å². The van der Waals surface area contributed by atoms with Crippen molar-refractivity contribution in [1.82, 2.24) is 5.32 Å². The minimum absolute atomic E-state index is 0.0150. The predicted molar refractivity (Wildman–Crippen MR) is 132 cm³/mol. The van der Waals surface area contributed by atoms with Gasteiger partial charge in [-0.3, -0.25) is 9.59 Å². The molecule has 1 aliphatic rings. The molecular formula is C27H28N2O4S. The maximum absolute atomic E-state index is 13.7. The Morgan fingerprint density at radius 3 is 2.50 bits per heavy atom. The molecule has 7 heteroatoms. The van der Waals surface area contributed by atoms with Crippen LogP contribution in [0.5, 0.6) is 0 Å². The monoisotopic (exact) mass is 476 g/mol. The van der Waals surface area contributed by atoms with E-state index < -0.39 is 15.7 Å². The summed E-state index contributed by atoms with van der Waals surface area (Å²) in [5.74, 6) is -0.711. The Labute approximate surface area is 200 Å². The quantitative estimate of drug-likeness (QED) is 0.517. The second-order valence-corrected chi connectivity index (χ2v) is 10.5. The van der Waals surface area contributed by atoms with Crippen LogP contribution < -0.4 is 10.2 Å². The van der Waals surface area contributed by atoms with Gasteiger partial charge in [-0.15, -0.1) is 0 Å². The lowest BCUT2D eigenvalue weighted by molar-refractivity contribution is 0.0949. The van der Waals surface area contributed by atoms with Crippen molar-refractivity contribution in [2.45, 2.75) is 49.9 Å². The fraction of sp³-hybridized carbons (Fsp3) is 0.259. The summed E-state index contributed by atoms with van der Waals surface area (Å²) in [5.41, 5.74) is 3.60. The highest BCUT2D eigenvalue weighted by molar-refractivity contribution is 7.91. The van der Waals surface area contributed by atoms with Gasteiger partial charge in [-0.2, -0.15) is 0 Å². The molecule has 0 aliphatic carbocycles. The van der Waals surface area contributed by atoms with E-state index in [4.69, 9.17) is 0 Å². The van der Waals surface area contributed by atoms with Gasteiger partial charge >= 0.3 is 0 Å². The number of nitrogens with zero attached hydrogens (tertiary/aromatic N) is 1. The number of carbonyl (C=O) groups is 2. The normalized spacial score (nSPS) is 14.2. The molecule has 0 saturated carbocycles. The topological polar surface area (TPSA) is 83.6 Å². The molecule has 0 radical (unpaired) electrons. The summed E-state index contributed by atoms with van der Waals surface area (Å²) in [6.07, 6.45) is 1.79. The van der Waals surface area contributed by atoms with Gasteiger partial charge in [0.15, 0.2) is 0 Å². The fourth-order valence-electron chi connectivity index (χ4n) is 4.13. The van der Waals surface area contributed by atoms with Gasteiger partial charge in [0.2, 0.25) is 9.84 Å². The van der Waals surface area contributed by atoms with E-state index in [-0.39, 0.29) is 33.5 Å². The molecular weight excluding hydrogens is 448 g/mol. The maximum Gasteiger partial charge on any atom is 0.259 e. The van der Waals surface area contributed by atoms with Gasteiger partial charge in [0, 0.05) is 12.1 Å². The van der Waals surface area contributed by atoms with E-state index in [1.165, 1.54) is 35.2 Å². The van der Waals surface area contributed by atoms with Crippen LogP contribution in [0.3, 0.4) is 0 Å². The van der Waals surface area contributed by atoms with Gasteiger partial charge in [-0.05, 0) is 61.7 Å². The number of hydrogen-bond donors (Lipinski definition) is 1. The summed E-state index contributed by atoms with van der Waals surface area (Å²) in [6, 6.07) is 16.7. The largest absolute Gasteiger partial charge is 0.352 e. The van der Waals surface area contributed by atoms with Crippen molar-refractivity contribution in [3.63, 3.8) is 0 Å². The number of hydrogen-bond acceptors (Lipinski definition) is 4. The minimum atomic E-state index is -3.97. The van der Waals surface area contributed by atoms with Crippen LogP contribution >= 0.6 is 0 Å². The van der Waals surface area contributed by atoms with Crippen molar-refractivity contribution < 1.29 is 18.0 Å². The molecule has 0 unspecified atom stereocenters. The van der Waals surface area contributed by atoms with E-state index in [0.717, 1.165) is 29.5 Å². The highest BCUT2D eigenvalue weighted by atomic mass is 32.2. The Morgan fingerprint density at radius 1 is 0.971 bits per heavy atom. The fourth-order valence-corrected chi connectivity index (χ4v) is 5.76. The molecule has 4 rings (SSSR count). The number of carbonyl (C=O) groups excluding carboxylic acids is 2. The summed E-state index contributed by atoms with van der Waals surface area (Å²) < 4.78 is 27.2. The van der Waals surface area contributed by atoms with E-state index in [9.17, 15) is 18.0 Å². The molecule has 0 saturated heterocycles. The molecule has 0 atom stereocenters. The van der Waals surface area contributed by atoms with Gasteiger partial charge < -0.3 is 10.2 Å². The first-order valence-corrected chi connectivity index (χ1v) is 12.9. The van der Waals surface area contributed by atoms with E-state index in [0.29, 0.717) is 12.1 Å². The number of aryl methyl sites for hydroxylation is 2. The number of nitrogens with one attached hydrogen (secondary N) is 1. The zero-order valence-electron chi connectivity index (χ0n) is 19.6. The number of rotatable bonds is 6. The molecule has 34 heavy (non-hydrogen) atoms. The number of anilines is 1. The summed E-state index contributed by atoms with van der Waals surface area (Å²) in [6.45, 7) is 6.68. The molecule has 3 aromatic carbocycles. The first-order chi connectivity index (χ1) is 16.2. The lowest BCUT2D eigenvalue weighted by Gasteiger charge is -2.24. The number of benzene rings is 3. The third-order valence-electron chi connectivity index (χ3n) is 6.10. The molecule has 1 N–H and O–H groups in total. The summed E-state index contributed by atoms with van der Waals surface area (Å²) >= 11 is 0.